The maximum absolute atomic E-state index is 12.2. The van der Waals surface area contributed by atoms with E-state index in [4.69, 9.17) is 4.42 Å². The summed E-state index contributed by atoms with van der Waals surface area (Å²) in [5.74, 6) is 0.455. The Balaban J connectivity index is 1.84. The predicted octanol–water partition coefficient (Wildman–Crippen LogP) is 2.82. The van der Waals surface area contributed by atoms with Gasteiger partial charge in [0.05, 0.1) is 19.4 Å². The van der Waals surface area contributed by atoms with Gasteiger partial charge in [-0.25, -0.2) is 0 Å². The number of carbonyl (C=O) groups excluding carboxylic acids is 2. The van der Waals surface area contributed by atoms with E-state index in [0.29, 0.717) is 31.0 Å². The van der Waals surface area contributed by atoms with Gasteiger partial charge in [0.15, 0.2) is 0 Å². The molecular weight excluding hydrogens is 330 g/mol. The van der Waals surface area contributed by atoms with Crippen molar-refractivity contribution in [2.24, 2.45) is 0 Å². The smallest absolute Gasteiger partial charge is 0.251 e. The highest BCUT2D eigenvalue weighted by Crippen LogP contribution is 2.10. The molecule has 26 heavy (non-hydrogen) atoms. The van der Waals surface area contributed by atoms with Crippen LogP contribution < -0.4 is 10.6 Å². The topological polar surface area (TPSA) is 74.6 Å². The van der Waals surface area contributed by atoms with Crippen molar-refractivity contribution in [3.05, 3.63) is 79.3 Å². The molecule has 0 saturated heterocycles. The maximum Gasteiger partial charge on any atom is 0.251 e. The lowest BCUT2D eigenvalue weighted by atomic mass is 10.2. The van der Waals surface area contributed by atoms with Crippen LogP contribution in [-0.2, 0) is 11.3 Å². The van der Waals surface area contributed by atoms with Crippen LogP contribution in [-0.4, -0.2) is 36.3 Å². The standard InChI is InChI=1S/C20H23N3O3/c1-3-11-23(12-4-2)19(24)15-21-17-9-7-16(8-10-17)20(25)22-14-18-6-5-13-26-18/h3-10,13,21H,1-2,11-12,14-15H2,(H,22,25). The predicted molar refractivity (Wildman–Crippen MR) is 102 cm³/mol. The lowest BCUT2D eigenvalue weighted by Crippen LogP contribution is -2.35. The first-order chi connectivity index (χ1) is 12.6. The number of nitrogens with zero attached hydrogens (tertiary/aromatic N) is 1. The number of benzene rings is 1. The third-order valence-electron chi connectivity index (χ3n) is 3.65. The van der Waals surface area contributed by atoms with E-state index in [2.05, 4.69) is 23.8 Å². The first kappa shape index (κ1) is 19.1. The van der Waals surface area contributed by atoms with Crippen LogP contribution >= 0.6 is 0 Å². The molecule has 136 valence electrons. The normalized spacial score (nSPS) is 10.0. The number of nitrogens with one attached hydrogen (secondary N) is 2. The average Bonchev–Trinajstić information content (AvgIpc) is 3.18. The van der Waals surface area contributed by atoms with Gasteiger partial charge >= 0.3 is 0 Å². The van der Waals surface area contributed by atoms with Crippen LogP contribution in [0.2, 0.25) is 0 Å². The summed E-state index contributed by atoms with van der Waals surface area (Å²) in [6.07, 6.45) is 4.92. The van der Waals surface area contributed by atoms with Gasteiger partial charge in [0, 0.05) is 24.3 Å². The van der Waals surface area contributed by atoms with E-state index in [1.807, 2.05) is 0 Å². The highest BCUT2D eigenvalue weighted by atomic mass is 16.3. The number of hydrogen-bond donors (Lipinski definition) is 2. The summed E-state index contributed by atoms with van der Waals surface area (Å²) in [5, 5.41) is 5.84. The van der Waals surface area contributed by atoms with E-state index in [9.17, 15) is 9.59 Å². The van der Waals surface area contributed by atoms with Crippen LogP contribution in [0.25, 0.3) is 0 Å². The fraction of sp³-hybridized carbons (Fsp3) is 0.200. The Kier molecular flexibility index (Phi) is 7.24. The highest BCUT2D eigenvalue weighted by molar-refractivity contribution is 5.94. The molecule has 0 saturated carbocycles. The van der Waals surface area contributed by atoms with E-state index in [1.54, 1.807) is 59.7 Å². The van der Waals surface area contributed by atoms with Gasteiger partial charge in [0.1, 0.15) is 5.76 Å². The summed E-state index contributed by atoms with van der Waals surface area (Å²) in [6.45, 7) is 8.74. The molecule has 0 unspecified atom stereocenters. The second kappa shape index (κ2) is 9.88. The minimum absolute atomic E-state index is 0.0509. The van der Waals surface area contributed by atoms with Crippen molar-refractivity contribution in [2.45, 2.75) is 6.54 Å². The third kappa shape index (κ3) is 5.66. The van der Waals surface area contributed by atoms with E-state index in [1.165, 1.54) is 0 Å². The SMILES string of the molecule is C=CCN(CC=C)C(=O)CNc1ccc(C(=O)NCc2ccco2)cc1. The van der Waals surface area contributed by atoms with Gasteiger partial charge in [-0.3, -0.25) is 9.59 Å². The van der Waals surface area contributed by atoms with Crippen LogP contribution in [0.4, 0.5) is 5.69 Å². The molecule has 0 atom stereocenters. The molecule has 1 aromatic heterocycles. The van der Waals surface area contributed by atoms with E-state index in [0.717, 1.165) is 5.69 Å². The van der Waals surface area contributed by atoms with E-state index in [-0.39, 0.29) is 18.4 Å². The van der Waals surface area contributed by atoms with Crippen LogP contribution in [0.15, 0.2) is 72.4 Å². The fourth-order valence-electron chi connectivity index (χ4n) is 2.30. The Morgan fingerprint density at radius 2 is 1.77 bits per heavy atom. The highest BCUT2D eigenvalue weighted by Gasteiger charge is 2.10. The molecule has 6 heteroatoms. The van der Waals surface area contributed by atoms with E-state index < -0.39 is 0 Å². The summed E-state index contributed by atoms with van der Waals surface area (Å²) in [7, 11) is 0. The zero-order valence-electron chi connectivity index (χ0n) is 14.6. The van der Waals surface area contributed by atoms with Gasteiger partial charge in [-0.2, -0.15) is 0 Å². The lowest BCUT2D eigenvalue weighted by molar-refractivity contribution is -0.128. The van der Waals surface area contributed by atoms with Gasteiger partial charge in [-0.15, -0.1) is 13.2 Å². The molecule has 0 aliphatic heterocycles. The summed E-state index contributed by atoms with van der Waals surface area (Å²) < 4.78 is 5.17. The first-order valence-corrected chi connectivity index (χ1v) is 8.28. The molecule has 0 aliphatic carbocycles. The molecule has 0 fully saturated rings. The zero-order chi connectivity index (χ0) is 18.8. The molecule has 1 heterocycles. The largest absolute Gasteiger partial charge is 0.467 e. The van der Waals surface area contributed by atoms with Crippen LogP contribution in [0.5, 0.6) is 0 Å². The van der Waals surface area contributed by atoms with Crippen molar-refractivity contribution >= 4 is 17.5 Å². The van der Waals surface area contributed by atoms with E-state index >= 15 is 0 Å². The Morgan fingerprint density at radius 1 is 1.08 bits per heavy atom. The minimum Gasteiger partial charge on any atom is -0.467 e. The van der Waals surface area contributed by atoms with Gasteiger partial charge in [0.2, 0.25) is 5.91 Å². The minimum atomic E-state index is -0.188. The summed E-state index contributed by atoms with van der Waals surface area (Å²) >= 11 is 0. The number of furan rings is 1. The second-order valence-corrected chi connectivity index (χ2v) is 5.57. The van der Waals surface area contributed by atoms with Crippen molar-refractivity contribution in [2.75, 3.05) is 25.0 Å². The molecule has 2 N–H and O–H groups in total. The van der Waals surface area contributed by atoms with Crippen molar-refractivity contribution in [1.29, 1.82) is 0 Å². The van der Waals surface area contributed by atoms with Gasteiger partial charge < -0.3 is 20.0 Å². The molecule has 1 aromatic carbocycles. The van der Waals surface area contributed by atoms with Crippen molar-refractivity contribution in [1.82, 2.24) is 10.2 Å². The molecule has 0 radical (unpaired) electrons. The van der Waals surface area contributed by atoms with Gasteiger partial charge in [-0.05, 0) is 36.4 Å². The Morgan fingerprint density at radius 3 is 2.35 bits per heavy atom. The quantitative estimate of drug-likeness (QED) is 0.644. The van der Waals surface area contributed by atoms with Crippen LogP contribution in [0, 0.1) is 0 Å². The summed E-state index contributed by atoms with van der Waals surface area (Å²) in [4.78, 5) is 25.9. The van der Waals surface area contributed by atoms with Crippen molar-refractivity contribution in [3.63, 3.8) is 0 Å². The Labute approximate surface area is 153 Å². The van der Waals surface area contributed by atoms with Crippen molar-refractivity contribution in [3.8, 4) is 0 Å². The number of carbonyl (C=O) groups is 2. The van der Waals surface area contributed by atoms with Crippen molar-refractivity contribution < 1.29 is 14.0 Å². The van der Waals surface area contributed by atoms with Crippen LogP contribution in [0.3, 0.4) is 0 Å². The number of rotatable bonds is 10. The molecular formula is C20H23N3O3. The summed E-state index contributed by atoms with van der Waals surface area (Å²) in [5.41, 5.74) is 1.30. The lowest BCUT2D eigenvalue weighted by Gasteiger charge is -2.19. The zero-order valence-corrected chi connectivity index (χ0v) is 14.6. The number of anilines is 1. The fourth-order valence-corrected chi connectivity index (χ4v) is 2.30. The second-order valence-electron chi connectivity index (χ2n) is 5.57. The molecule has 0 aliphatic rings. The molecule has 2 aromatic rings. The molecule has 0 spiro atoms. The Bertz CT molecular complexity index is 726. The molecule has 2 rings (SSSR count). The van der Waals surface area contributed by atoms with Crippen LogP contribution in [0.1, 0.15) is 16.1 Å². The first-order valence-electron chi connectivity index (χ1n) is 8.28. The Hall–Kier alpha value is -3.28. The monoisotopic (exact) mass is 353 g/mol. The summed E-state index contributed by atoms with van der Waals surface area (Å²) in [6, 6.07) is 10.5. The van der Waals surface area contributed by atoms with Gasteiger partial charge in [0.25, 0.3) is 5.91 Å². The number of amides is 2. The molecule has 2 amide bonds. The number of hydrogen-bond acceptors (Lipinski definition) is 4. The van der Waals surface area contributed by atoms with Gasteiger partial charge in [-0.1, -0.05) is 12.2 Å². The average molecular weight is 353 g/mol. The third-order valence-corrected chi connectivity index (χ3v) is 3.65. The molecule has 6 nitrogen and oxygen atoms in total. The molecule has 0 bridgehead atoms. The maximum atomic E-state index is 12.2.